The third kappa shape index (κ3) is 5.35. The van der Waals surface area contributed by atoms with Crippen molar-refractivity contribution in [1.29, 1.82) is 0 Å². The molecule has 0 fully saturated rings. The SMILES string of the molecule is O=C(CNC(=O)c1c2c(nn1C1=CCCC=C1)CCCC2)NCc1ccc(C(F)(F)F)cc1. The van der Waals surface area contributed by atoms with Crippen LogP contribution in [0.5, 0.6) is 0 Å². The molecule has 6 nitrogen and oxygen atoms in total. The number of carbonyl (C=O) groups excluding carboxylic acids is 2. The third-order valence-electron chi connectivity index (χ3n) is 5.77. The van der Waals surface area contributed by atoms with E-state index in [4.69, 9.17) is 0 Å². The minimum absolute atomic E-state index is 0.0673. The number of nitrogens with zero attached hydrogens (tertiary/aromatic N) is 2. The summed E-state index contributed by atoms with van der Waals surface area (Å²) >= 11 is 0. The molecule has 2 N–H and O–H groups in total. The summed E-state index contributed by atoms with van der Waals surface area (Å²) in [6, 6.07) is 4.58. The van der Waals surface area contributed by atoms with Crippen molar-refractivity contribution in [3.8, 4) is 0 Å². The first-order valence-electron chi connectivity index (χ1n) is 11.0. The Morgan fingerprint density at radius 2 is 1.79 bits per heavy atom. The van der Waals surface area contributed by atoms with Crippen LogP contribution < -0.4 is 10.6 Å². The number of nitrogens with one attached hydrogen (secondary N) is 2. The molecule has 9 heteroatoms. The van der Waals surface area contributed by atoms with Gasteiger partial charge in [-0.1, -0.05) is 24.3 Å². The lowest BCUT2D eigenvalue weighted by molar-refractivity contribution is -0.137. The predicted molar refractivity (Wildman–Crippen MR) is 117 cm³/mol. The van der Waals surface area contributed by atoms with E-state index >= 15 is 0 Å². The van der Waals surface area contributed by atoms with Crippen LogP contribution in [0.1, 0.15) is 58.6 Å². The maximum atomic E-state index is 13.0. The van der Waals surface area contributed by atoms with Crippen molar-refractivity contribution in [2.24, 2.45) is 0 Å². The van der Waals surface area contributed by atoms with E-state index in [1.807, 2.05) is 18.2 Å². The molecular formula is C24H25F3N4O2. The van der Waals surface area contributed by atoms with Crippen LogP contribution in [-0.4, -0.2) is 28.1 Å². The number of allylic oxidation sites excluding steroid dienone is 4. The van der Waals surface area contributed by atoms with Gasteiger partial charge in [-0.25, -0.2) is 4.68 Å². The number of halogens is 3. The van der Waals surface area contributed by atoms with Crippen LogP contribution in [0.25, 0.3) is 5.70 Å². The molecule has 0 radical (unpaired) electrons. The second-order valence-electron chi connectivity index (χ2n) is 8.16. The largest absolute Gasteiger partial charge is 0.416 e. The van der Waals surface area contributed by atoms with Gasteiger partial charge in [0.15, 0.2) is 0 Å². The van der Waals surface area contributed by atoms with Gasteiger partial charge in [-0.3, -0.25) is 9.59 Å². The van der Waals surface area contributed by atoms with E-state index in [9.17, 15) is 22.8 Å². The molecule has 33 heavy (non-hydrogen) atoms. The second kappa shape index (κ2) is 9.64. The Morgan fingerprint density at radius 1 is 1.03 bits per heavy atom. The number of hydrogen-bond donors (Lipinski definition) is 2. The zero-order valence-corrected chi connectivity index (χ0v) is 18.0. The molecular weight excluding hydrogens is 433 g/mol. The highest BCUT2D eigenvalue weighted by molar-refractivity contribution is 5.97. The van der Waals surface area contributed by atoms with Gasteiger partial charge in [0, 0.05) is 12.1 Å². The zero-order chi connectivity index (χ0) is 23.4. The van der Waals surface area contributed by atoms with Crippen LogP contribution >= 0.6 is 0 Å². The van der Waals surface area contributed by atoms with Gasteiger partial charge in [0.05, 0.1) is 23.5 Å². The van der Waals surface area contributed by atoms with Gasteiger partial charge in [0.25, 0.3) is 5.91 Å². The van der Waals surface area contributed by atoms with Gasteiger partial charge in [-0.05, 0) is 62.3 Å². The molecule has 0 bridgehead atoms. The Hall–Kier alpha value is -3.36. The summed E-state index contributed by atoms with van der Waals surface area (Å²) in [5.74, 6) is -0.796. The number of aromatic nitrogens is 2. The Kier molecular flexibility index (Phi) is 6.67. The smallest absolute Gasteiger partial charge is 0.350 e. The monoisotopic (exact) mass is 458 g/mol. The van der Waals surface area contributed by atoms with Crippen molar-refractivity contribution in [1.82, 2.24) is 20.4 Å². The minimum atomic E-state index is -4.40. The van der Waals surface area contributed by atoms with Crippen LogP contribution in [0.4, 0.5) is 13.2 Å². The molecule has 0 spiro atoms. The van der Waals surface area contributed by atoms with E-state index < -0.39 is 17.6 Å². The summed E-state index contributed by atoms with van der Waals surface area (Å²) in [6.45, 7) is -0.174. The van der Waals surface area contributed by atoms with Crippen LogP contribution in [0.3, 0.4) is 0 Å². The van der Waals surface area contributed by atoms with Crippen LogP contribution in [-0.2, 0) is 30.4 Å². The predicted octanol–water partition coefficient (Wildman–Crippen LogP) is 4.02. The third-order valence-corrected chi connectivity index (χ3v) is 5.77. The number of alkyl halides is 3. The molecule has 0 saturated carbocycles. The first kappa shape index (κ1) is 22.8. The molecule has 0 unspecified atom stereocenters. The first-order chi connectivity index (χ1) is 15.8. The molecule has 4 rings (SSSR count). The highest BCUT2D eigenvalue weighted by atomic mass is 19.4. The van der Waals surface area contributed by atoms with Gasteiger partial charge in [-0.2, -0.15) is 18.3 Å². The van der Waals surface area contributed by atoms with Gasteiger partial charge >= 0.3 is 6.18 Å². The van der Waals surface area contributed by atoms with Gasteiger partial charge in [0.1, 0.15) is 5.69 Å². The number of benzene rings is 1. The zero-order valence-electron chi connectivity index (χ0n) is 18.0. The fourth-order valence-electron chi connectivity index (χ4n) is 4.05. The lowest BCUT2D eigenvalue weighted by atomic mass is 9.95. The molecule has 2 amide bonds. The summed E-state index contributed by atoms with van der Waals surface area (Å²) in [6.07, 6.45) is 7.10. The first-order valence-corrected chi connectivity index (χ1v) is 11.0. The van der Waals surface area contributed by atoms with Gasteiger partial charge < -0.3 is 10.6 Å². The number of hydrogen-bond acceptors (Lipinski definition) is 3. The fourth-order valence-corrected chi connectivity index (χ4v) is 4.05. The highest BCUT2D eigenvalue weighted by Crippen LogP contribution is 2.29. The van der Waals surface area contributed by atoms with Crippen molar-refractivity contribution < 1.29 is 22.8 Å². The van der Waals surface area contributed by atoms with Crippen LogP contribution in [0.2, 0.25) is 0 Å². The molecule has 2 aromatic rings. The maximum Gasteiger partial charge on any atom is 0.416 e. The van der Waals surface area contributed by atoms with Gasteiger partial charge in [0.2, 0.25) is 5.91 Å². The average Bonchev–Trinajstić information content (AvgIpc) is 3.21. The van der Waals surface area contributed by atoms with E-state index in [2.05, 4.69) is 15.7 Å². The fraction of sp³-hybridized carbons (Fsp3) is 0.375. The number of fused-ring (bicyclic) bond motifs is 1. The Bertz CT molecular complexity index is 1100. The molecule has 0 atom stereocenters. The van der Waals surface area contributed by atoms with Crippen molar-refractivity contribution >= 4 is 17.5 Å². The number of rotatable bonds is 6. The minimum Gasteiger partial charge on any atom is -0.350 e. The average molecular weight is 458 g/mol. The molecule has 0 saturated heterocycles. The van der Waals surface area contributed by atoms with E-state index in [0.717, 1.165) is 67.6 Å². The molecule has 1 aromatic heterocycles. The number of aryl methyl sites for hydroxylation is 1. The Labute approximate surface area is 189 Å². The standard InChI is InChI=1S/C24H25F3N4O2/c25-24(26,27)17-12-10-16(11-13-17)14-28-21(32)15-29-23(33)22-19-8-4-5-9-20(19)30-31(22)18-6-2-1-3-7-18/h2,6-7,10-13H,1,3-5,8-9,14-15H2,(H,28,32)(H,29,33). The molecule has 2 aliphatic rings. The topological polar surface area (TPSA) is 76.0 Å². The molecule has 2 aliphatic carbocycles. The van der Waals surface area contributed by atoms with Gasteiger partial charge in [-0.15, -0.1) is 0 Å². The highest BCUT2D eigenvalue weighted by Gasteiger charge is 2.30. The number of amides is 2. The normalized spacial score (nSPS) is 15.5. The van der Waals surface area contributed by atoms with Crippen LogP contribution in [0, 0.1) is 0 Å². The van der Waals surface area contributed by atoms with Crippen LogP contribution in [0.15, 0.2) is 42.5 Å². The molecule has 1 heterocycles. The van der Waals surface area contributed by atoms with E-state index in [1.54, 1.807) is 4.68 Å². The van der Waals surface area contributed by atoms with E-state index in [-0.39, 0.29) is 19.0 Å². The van der Waals surface area contributed by atoms with Crippen molar-refractivity contribution in [3.63, 3.8) is 0 Å². The summed E-state index contributed by atoms with van der Waals surface area (Å²) in [4.78, 5) is 25.3. The van der Waals surface area contributed by atoms with Crippen molar-refractivity contribution in [2.45, 2.75) is 51.2 Å². The van der Waals surface area contributed by atoms with E-state index in [0.29, 0.717) is 11.3 Å². The lowest BCUT2D eigenvalue weighted by Gasteiger charge is -2.14. The molecule has 0 aliphatic heterocycles. The lowest BCUT2D eigenvalue weighted by Crippen LogP contribution is -2.37. The second-order valence-corrected chi connectivity index (χ2v) is 8.16. The maximum absolute atomic E-state index is 13.0. The Morgan fingerprint density at radius 3 is 2.48 bits per heavy atom. The Balaban J connectivity index is 1.38. The van der Waals surface area contributed by atoms with E-state index in [1.165, 1.54) is 12.1 Å². The summed E-state index contributed by atoms with van der Waals surface area (Å²) in [7, 11) is 0. The quantitative estimate of drug-likeness (QED) is 0.687. The van der Waals surface area contributed by atoms with Crippen molar-refractivity contribution in [3.05, 3.63) is 70.6 Å². The molecule has 174 valence electrons. The molecule has 1 aromatic carbocycles. The number of carbonyl (C=O) groups is 2. The summed E-state index contributed by atoms with van der Waals surface area (Å²) in [5.41, 5.74) is 2.98. The summed E-state index contributed by atoms with van der Waals surface area (Å²) in [5, 5.41) is 9.96. The summed E-state index contributed by atoms with van der Waals surface area (Å²) < 4.78 is 39.6. The van der Waals surface area contributed by atoms with Crippen molar-refractivity contribution in [2.75, 3.05) is 6.54 Å².